The number of halogens is 1. The topological polar surface area (TPSA) is 29.9 Å². The monoisotopic (exact) mass is 259 g/mol. The number of rotatable bonds is 3. The van der Waals surface area contributed by atoms with Gasteiger partial charge in [0.25, 0.3) is 0 Å². The van der Waals surface area contributed by atoms with Crippen LogP contribution in [0.3, 0.4) is 0 Å². The molecule has 1 fully saturated rings. The van der Waals surface area contributed by atoms with Crippen LogP contribution in [0.25, 0.3) is 5.69 Å². The van der Waals surface area contributed by atoms with Gasteiger partial charge in [-0.15, -0.1) is 0 Å². The predicted molar refractivity (Wildman–Crippen MR) is 72.8 cm³/mol. The Bertz CT molecular complexity index is 530. The second-order valence-corrected chi connectivity index (χ2v) is 5.17. The fourth-order valence-electron chi connectivity index (χ4n) is 2.72. The van der Waals surface area contributed by atoms with Crippen LogP contribution in [0, 0.1) is 11.7 Å². The molecule has 1 atom stereocenters. The van der Waals surface area contributed by atoms with E-state index in [4.69, 9.17) is 0 Å². The van der Waals surface area contributed by atoms with E-state index >= 15 is 0 Å². The molecule has 1 saturated heterocycles. The summed E-state index contributed by atoms with van der Waals surface area (Å²) in [6.45, 7) is 2.16. The quantitative estimate of drug-likeness (QED) is 0.918. The number of piperidine rings is 1. The van der Waals surface area contributed by atoms with Gasteiger partial charge in [0.2, 0.25) is 0 Å². The number of imidazole rings is 1. The zero-order valence-corrected chi connectivity index (χ0v) is 10.8. The van der Waals surface area contributed by atoms with Crippen LogP contribution < -0.4 is 5.32 Å². The first-order chi connectivity index (χ1) is 9.33. The van der Waals surface area contributed by atoms with E-state index in [2.05, 4.69) is 10.3 Å². The number of aromatic nitrogens is 2. The zero-order valence-electron chi connectivity index (χ0n) is 10.8. The number of nitrogens with one attached hydrogen (secondary N) is 1. The van der Waals surface area contributed by atoms with Crippen molar-refractivity contribution in [1.82, 2.24) is 14.9 Å². The van der Waals surface area contributed by atoms with Gasteiger partial charge in [-0.2, -0.15) is 0 Å². The smallest absolute Gasteiger partial charge is 0.147 e. The molecule has 0 radical (unpaired) electrons. The lowest BCUT2D eigenvalue weighted by atomic mass is 9.92. The van der Waals surface area contributed by atoms with Crippen molar-refractivity contribution >= 4 is 0 Å². The van der Waals surface area contributed by atoms with E-state index in [1.807, 2.05) is 12.1 Å². The van der Waals surface area contributed by atoms with Crippen molar-refractivity contribution in [3.05, 3.63) is 48.3 Å². The Morgan fingerprint density at radius 1 is 1.42 bits per heavy atom. The molecule has 3 nitrogen and oxygen atoms in total. The highest BCUT2D eigenvalue weighted by atomic mass is 19.1. The van der Waals surface area contributed by atoms with Gasteiger partial charge >= 0.3 is 0 Å². The molecule has 1 unspecified atom stereocenters. The van der Waals surface area contributed by atoms with Crippen LogP contribution in [0.2, 0.25) is 0 Å². The minimum Gasteiger partial charge on any atom is -0.316 e. The second-order valence-electron chi connectivity index (χ2n) is 5.17. The van der Waals surface area contributed by atoms with Crippen LogP contribution in [0.5, 0.6) is 0 Å². The summed E-state index contributed by atoms with van der Waals surface area (Å²) in [6.07, 6.45) is 8.43. The highest BCUT2D eigenvalue weighted by molar-refractivity contribution is 5.36. The molecule has 0 bridgehead atoms. The van der Waals surface area contributed by atoms with E-state index in [1.165, 1.54) is 12.8 Å². The summed E-state index contributed by atoms with van der Waals surface area (Å²) in [6, 6.07) is 5.51. The average molecular weight is 259 g/mol. The third-order valence-corrected chi connectivity index (χ3v) is 3.72. The highest BCUT2D eigenvalue weighted by Crippen LogP contribution is 2.20. The fourth-order valence-corrected chi connectivity index (χ4v) is 2.72. The minimum absolute atomic E-state index is 0.181. The van der Waals surface area contributed by atoms with Gasteiger partial charge in [0.15, 0.2) is 0 Å². The summed E-state index contributed by atoms with van der Waals surface area (Å²) < 4.78 is 15.8. The van der Waals surface area contributed by atoms with Gasteiger partial charge in [-0.3, -0.25) is 0 Å². The lowest BCUT2D eigenvalue weighted by molar-refractivity contribution is 0.375. The van der Waals surface area contributed by atoms with E-state index in [-0.39, 0.29) is 5.82 Å². The maximum atomic E-state index is 14.1. The van der Waals surface area contributed by atoms with Gasteiger partial charge < -0.3 is 9.88 Å². The number of hydrogen-bond acceptors (Lipinski definition) is 2. The first-order valence-electron chi connectivity index (χ1n) is 6.80. The highest BCUT2D eigenvalue weighted by Gasteiger charge is 2.14. The van der Waals surface area contributed by atoms with E-state index in [0.29, 0.717) is 11.6 Å². The molecule has 1 N–H and O–H groups in total. The first-order valence-corrected chi connectivity index (χ1v) is 6.80. The first kappa shape index (κ1) is 12.4. The van der Waals surface area contributed by atoms with E-state index in [1.54, 1.807) is 29.4 Å². The Balaban J connectivity index is 1.75. The Labute approximate surface area is 112 Å². The Morgan fingerprint density at radius 2 is 2.37 bits per heavy atom. The van der Waals surface area contributed by atoms with Crippen molar-refractivity contribution in [2.75, 3.05) is 13.1 Å². The number of benzene rings is 1. The molecular formula is C15H18FN3. The van der Waals surface area contributed by atoms with Crippen LogP contribution in [-0.2, 0) is 6.42 Å². The normalized spacial score (nSPS) is 19.5. The standard InChI is InChI=1S/C15H18FN3/c16-14-9-12(8-13-2-1-5-17-10-13)3-4-15(14)19-7-6-18-11-19/h3-4,6-7,9,11,13,17H,1-2,5,8,10H2. The molecule has 100 valence electrons. The minimum atomic E-state index is -0.181. The summed E-state index contributed by atoms with van der Waals surface area (Å²) >= 11 is 0. The summed E-state index contributed by atoms with van der Waals surface area (Å²) in [5.74, 6) is 0.450. The van der Waals surface area contributed by atoms with E-state index < -0.39 is 0 Å². The summed E-state index contributed by atoms with van der Waals surface area (Å²) in [5, 5.41) is 3.40. The Hall–Kier alpha value is -1.68. The van der Waals surface area contributed by atoms with Gasteiger partial charge in [-0.25, -0.2) is 9.37 Å². The Morgan fingerprint density at radius 3 is 3.05 bits per heavy atom. The van der Waals surface area contributed by atoms with Gasteiger partial charge in [0.05, 0.1) is 12.0 Å². The van der Waals surface area contributed by atoms with Gasteiger partial charge in [0.1, 0.15) is 5.82 Å². The number of hydrogen-bond donors (Lipinski definition) is 1. The van der Waals surface area contributed by atoms with Crippen molar-refractivity contribution in [3.63, 3.8) is 0 Å². The van der Waals surface area contributed by atoms with Crippen LogP contribution in [-0.4, -0.2) is 22.6 Å². The molecule has 1 aliphatic heterocycles. The molecule has 0 spiro atoms. The molecule has 1 aliphatic rings. The molecule has 2 heterocycles. The summed E-state index contributed by atoms with van der Waals surface area (Å²) in [4.78, 5) is 3.94. The Kier molecular flexibility index (Phi) is 3.60. The number of nitrogens with zero attached hydrogens (tertiary/aromatic N) is 2. The van der Waals surface area contributed by atoms with Gasteiger partial charge in [-0.1, -0.05) is 6.07 Å². The summed E-state index contributed by atoms with van der Waals surface area (Å²) in [5.41, 5.74) is 1.64. The van der Waals surface area contributed by atoms with Crippen molar-refractivity contribution in [2.45, 2.75) is 19.3 Å². The lowest BCUT2D eigenvalue weighted by Gasteiger charge is -2.22. The molecule has 0 saturated carbocycles. The maximum absolute atomic E-state index is 14.1. The second kappa shape index (κ2) is 5.53. The molecule has 0 aliphatic carbocycles. The van der Waals surface area contributed by atoms with Crippen molar-refractivity contribution in [3.8, 4) is 5.69 Å². The zero-order chi connectivity index (χ0) is 13.1. The molecule has 1 aromatic carbocycles. The van der Waals surface area contributed by atoms with Gasteiger partial charge in [-0.05, 0) is 56.0 Å². The molecule has 19 heavy (non-hydrogen) atoms. The fraction of sp³-hybridized carbons (Fsp3) is 0.400. The molecule has 4 heteroatoms. The average Bonchev–Trinajstić information content (AvgIpc) is 2.94. The van der Waals surface area contributed by atoms with Crippen molar-refractivity contribution in [1.29, 1.82) is 0 Å². The lowest BCUT2D eigenvalue weighted by Crippen LogP contribution is -2.30. The van der Waals surface area contributed by atoms with Gasteiger partial charge in [0, 0.05) is 12.4 Å². The van der Waals surface area contributed by atoms with E-state index in [0.717, 1.165) is 25.1 Å². The molecule has 2 aromatic rings. The van der Waals surface area contributed by atoms with Crippen molar-refractivity contribution < 1.29 is 4.39 Å². The van der Waals surface area contributed by atoms with E-state index in [9.17, 15) is 4.39 Å². The van der Waals surface area contributed by atoms with Crippen LogP contribution in [0.1, 0.15) is 18.4 Å². The van der Waals surface area contributed by atoms with Crippen molar-refractivity contribution in [2.24, 2.45) is 5.92 Å². The molecule has 1 aromatic heterocycles. The maximum Gasteiger partial charge on any atom is 0.147 e. The summed E-state index contributed by atoms with van der Waals surface area (Å²) in [7, 11) is 0. The third-order valence-electron chi connectivity index (χ3n) is 3.72. The predicted octanol–water partition coefficient (Wildman–Crippen LogP) is 2.55. The van der Waals surface area contributed by atoms with Crippen LogP contribution in [0.15, 0.2) is 36.9 Å². The third kappa shape index (κ3) is 2.84. The van der Waals surface area contributed by atoms with Crippen LogP contribution >= 0.6 is 0 Å². The SMILES string of the molecule is Fc1cc(CC2CCCNC2)ccc1-n1ccnc1. The van der Waals surface area contributed by atoms with Crippen LogP contribution in [0.4, 0.5) is 4.39 Å². The molecular weight excluding hydrogens is 241 g/mol. The molecule has 3 rings (SSSR count). The molecule has 0 amide bonds. The largest absolute Gasteiger partial charge is 0.316 e.